The minimum absolute atomic E-state index is 0.0471. The van der Waals surface area contributed by atoms with Crippen LogP contribution in [0.4, 0.5) is 0 Å². The summed E-state index contributed by atoms with van der Waals surface area (Å²) in [5, 5.41) is 8.94. The van der Waals surface area contributed by atoms with Crippen LogP contribution in [0, 0.1) is 0 Å². The second-order valence-electron chi connectivity index (χ2n) is 5.44. The van der Waals surface area contributed by atoms with E-state index in [2.05, 4.69) is 12.1 Å². The van der Waals surface area contributed by atoms with E-state index in [0.29, 0.717) is 12.0 Å². The summed E-state index contributed by atoms with van der Waals surface area (Å²) in [6.07, 6.45) is 3.07. The molecule has 1 N–H and O–H groups in total. The molecule has 2 aromatic rings. The Balaban J connectivity index is 2.19. The Morgan fingerprint density at radius 2 is 1.78 bits per heavy atom. The topological polar surface area (TPSA) is 46.5 Å². The van der Waals surface area contributed by atoms with Crippen molar-refractivity contribution in [2.24, 2.45) is 0 Å². The molecule has 2 rings (SSSR count). The van der Waals surface area contributed by atoms with Crippen molar-refractivity contribution in [3.8, 4) is 16.9 Å². The summed E-state index contributed by atoms with van der Waals surface area (Å²) in [6, 6.07) is 18.0. The van der Waals surface area contributed by atoms with Crippen molar-refractivity contribution in [1.29, 1.82) is 0 Å². The van der Waals surface area contributed by atoms with Crippen molar-refractivity contribution >= 4 is 5.97 Å². The number of para-hydroxylation sites is 1. The van der Waals surface area contributed by atoms with Gasteiger partial charge in [0.25, 0.3) is 0 Å². The highest BCUT2D eigenvalue weighted by Crippen LogP contribution is 2.31. The van der Waals surface area contributed by atoms with Crippen LogP contribution in [0.3, 0.4) is 0 Å². The molecule has 1 unspecified atom stereocenters. The van der Waals surface area contributed by atoms with Gasteiger partial charge in [0.1, 0.15) is 11.9 Å². The molecular formula is C20H22O3. The van der Waals surface area contributed by atoms with Gasteiger partial charge in [-0.25, -0.2) is 4.79 Å². The number of carboxylic acids is 1. The molecule has 0 saturated carbocycles. The number of ether oxygens (including phenoxy) is 1. The van der Waals surface area contributed by atoms with Gasteiger partial charge < -0.3 is 9.84 Å². The summed E-state index contributed by atoms with van der Waals surface area (Å²) < 4.78 is 6.14. The SMILES string of the molecule is CCC(CC=C(C)C(=O)O)Oc1ccccc1-c1ccccc1. The number of carbonyl (C=O) groups is 1. The van der Waals surface area contributed by atoms with E-state index in [1.807, 2.05) is 49.4 Å². The third-order valence-corrected chi connectivity index (χ3v) is 3.75. The number of carboxylic acid groups (broad SMARTS) is 1. The molecule has 23 heavy (non-hydrogen) atoms. The first-order valence-electron chi connectivity index (χ1n) is 7.83. The fraction of sp³-hybridized carbons (Fsp3) is 0.250. The largest absolute Gasteiger partial charge is 0.489 e. The zero-order valence-corrected chi connectivity index (χ0v) is 13.5. The maximum atomic E-state index is 10.9. The zero-order chi connectivity index (χ0) is 16.7. The molecule has 0 radical (unpaired) electrons. The fourth-order valence-electron chi connectivity index (χ4n) is 2.30. The molecule has 0 bridgehead atoms. The van der Waals surface area contributed by atoms with Crippen LogP contribution in [-0.2, 0) is 4.79 Å². The number of aliphatic carboxylic acids is 1. The lowest BCUT2D eigenvalue weighted by Gasteiger charge is -2.19. The van der Waals surface area contributed by atoms with Gasteiger partial charge in [0.15, 0.2) is 0 Å². The monoisotopic (exact) mass is 310 g/mol. The standard InChI is InChI=1S/C20H22O3/c1-3-17(14-13-15(2)20(21)22)23-19-12-8-7-11-18(19)16-9-5-4-6-10-16/h4-13,17H,3,14H2,1-2H3,(H,21,22). The molecule has 120 valence electrons. The number of hydrogen-bond acceptors (Lipinski definition) is 2. The molecule has 0 aliphatic heterocycles. The Morgan fingerprint density at radius 3 is 2.43 bits per heavy atom. The molecule has 3 nitrogen and oxygen atoms in total. The molecule has 0 spiro atoms. The van der Waals surface area contributed by atoms with Crippen LogP contribution < -0.4 is 4.74 Å². The highest BCUT2D eigenvalue weighted by Gasteiger charge is 2.12. The average Bonchev–Trinajstić information content (AvgIpc) is 2.59. The van der Waals surface area contributed by atoms with Gasteiger partial charge in [-0.2, -0.15) is 0 Å². The lowest BCUT2D eigenvalue weighted by atomic mass is 10.0. The summed E-state index contributed by atoms with van der Waals surface area (Å²) in [6.45, 7) is 3.65. The highest BCUT2D eigenvalue weighted by atomic mass is 16.5. The van der Waals surface area contributed by atoms with Gasteiger partial charge in [-0.15, -0.1) is 0 Å². The van der Waals surface area contributed by atoms with Crippen molar-refractivity contribution < 1.29 is 14.6 Å². The number of rotatable bonds is 7. The summed E-state index contributed by atoms with van der Waals surface area (Å²) in [5.74, 6) is -0.0588. The van der Waals surface area contributed by atoms with Crippen LogP contribution in [0.5, 0.6) is 5.75 Å². The molecule has 0 aromatic heterocycles. The first kappa shape index (κ1) is 16.8. The smallest absolute Gasteiger partial charge is 0.330 e. The van der Waals surface area contributed by atoms with E-state index in [1.54, 1.807) is 13.0 Å². The predicted molar refractivity (Wildman–Crippen MR) is 92.6 cm³/mol. The van der Waals surface area contributed by atoms with Crippen LogP contribution in [0.2, 0.25) is 0 Å². The van der Waals surface area contributed by atoms with Gasteiger partial charge in [0, 0.05) is 17.6 Å². The maximum Gasteiger partial charge on any atom is 0.330 e. The van der Waals surface area contributed by atoms with Crippen molar-refractivity contribution in [1.82, 2.24) is 0 Å². The van der Waals surface area contributed by atoms with Crippen molar-refractivity contribution in [3.05, 3.63) is 66.2 Å². The van der Waals surface area contributed by atoms with Crippen LogP contribution in [-0.4, -0.2) is 17.2 Å². The Bertz CT molecular complexity index is 674. The third kappa shape index (κ3) is 4.71. The Hall–Kier alpha value is -2.55. The number of benzene rings is 2. The molecule has 0 saturated heterocycles. The quantitative estimate of drug-likeness (QED) is 0.737. The van der Waals surface area contributed by atoms with Gasteiger partial charge in [-0.1, -0.05) is 61.5 Å². The van der Waals surface area contributed by atoms with Crippen molar-refractivity contribution in [2.45, 2.75) is 32.8 Å². The molecule has 3 heteroatoms. The maximum absolute atomic E-state index is 10.9. The van der Waals surface area contributed by atoms with E-state index >= 15 is 0 Å². The van der Waals surface area contributed by atoms with E-state index in [1.165, 1.54) is 0 Å². The van der Waals surface area contributed by atoms with E-state index in [-0.39, 0.29) is 6.10 Å². The zero-order valence-electron chi connectivity index (χ0n) is 13.5. The first-order valence-corrected chi connectivity index (χ1v) is 7.83. The average molecular weight is 310 g/mol. The van der Waals surface area contributed by atoms with E-state index in [0.717, 1.165) is 23.3 Å². The van der Waals surface area contributed by atoms with Crippen molar-refractivity contribution in [2.75, 3.05) is 0 Å². The Labute approximate surface area is 137 Å². The fourth-order valence-corrected chi connectivity index (χ4v) is 2.30. The summed E-state index contributed by atoms with van der Waals surface area (Å²) in [5.41, 5.74) is 2.50. The molecular weight excluding hydrogens is 288 g/mol. The summed E-state index contributed by atoms with van der Waals surface area (Å²) in [4.78, 5) is 10.9. The molecule has 2 aromatic carbocycles. The van der Waals surface area contributed by atoms with Gasteiger partial charge >= 0.3 is 5.97 Å². The van der Waals surface area contributed by atoms with Crippen LogP contribution in [0.15, 0.2) is 66.2 Å². The minimum atomic E-state index is -0.885. The Morgan fingerprint density at radius 1 is 1.13 bits per heavy atom. The van der Waals surface area contributed by atoms with Gasteiger partial charge in [-0.05, 0) is 25.0 Å². The van der Waals surface area contributed by atoms with Crippen LogP contribution in [0.25, 0.3) is 11.1 Å². The van der Waals surface area contributed by atoms with Crippen molar-refractivity contribution in [3.63, 3.8) is 0 Å². The van der Waals surface area contributed by atoms with Crippen LogP contribution in [0.1, 0.15) is 26.7 Å². The van der Waals surface area contributed by atoms with Crippen LogP contribution >= 0.6 is 0 Å². The first-order chi connectivity index (χ1) is 11.1. The van der Waals surface area contributed by atoms with E-state index in [9.17, 15) is 4.79 Å². The second kappa shape index (κ2) is 8.18. The highest BCUT2D eigenvalue weighted by molar-refractivity contribution is 5.85. The minimum Gasteiger partial charge on any atom is -0.489 e. The van der Waals surface area contributed by atoms with Gasteiger partial charge in [0.2, 0.25) is 0 Å². The molecule has 0 amide bonds. The Kier molecular flexibility index (Phi) is 5.98. The molecule has 0 aliphatic carbocycles. The van der Waals surface area contributed by atoms with Gasteiger partial charge in [-0.3, -0.25) is 0 Å². The lowest BCUT2D eigenvalue weighted by Crippen LogP contribution is -2.15. The molecule has 0 fully saturated rings. The summed E-state index contributed by atoms with van der Waals surface area (Å²) in [7, 11) is 0. The molecule has 0 aliphatic rings. The summed E-state index contributed by atoms with van der Waals surface area (Å²) >= 11 is 0. The lowest BCUT2D eigenvalue weighted by molar-refractivity contribution is -0.132. The van der Waals surface area contributed by atoms with E-state index < -0.39 is 5.97 Å². The normalized spacial score (nSPS) is 12.7. The second-order valence-corrected chi connectivity index (χ2v) is 5.44. The predicted octanol–water partition coefficient (Wildman–Crippen LogP) is 4.93. The van der Waals surface area contributed by atoms with Gasteiger partial charge in [0.05, 0.1) is 0 Å². The number of hydrogen-bond donors (Lipinski definition) is 1. The molecule has 0 heterocycles. The molecule has 1 atom stereocenters. The van der Waals surface area contributed by atoms with E-state index in [4.69, 9.17) is 9.84 Å². The third-order valence-electron chi connectivity index (χ3n) is 3.75.